The molecule has 2 saturated heterocycles. The lowest BCUT2D eigenvalue weighted by atomic mass is 9.93. The predicted molar refractivity (Wildman–Crippen MR) is 103 cm³/mol. The van der Waals surface area contributed by atoms with Gasteiger partial charge in [0.05, 0.1) is 0 Å². The SMILES string of the molecule is Cl.O=C(CCC1CCNCC1)N1CCN(C(=O)c2ccc(O)cc2)CC1. The Morgan fingerprint density at radius 2 is 1.58 bits per heavy atom. The third-order valence-electron chi connectivity index (χ3n) is 5.26. The van der Waals surface area contributed by atoms with E-state index >= 15 is 0 Å². The summed E-state index contributed by atoms with van der Waals surface area (Å²) in [7, 11) is 0. The number of phenolic OH excluding ortho intramolecular Hbond substituents is 1. The molecule has 26 heavy (non-hydrogen) atoms. The van der Waals surface area contributed by atoms with Gasteiger partial charge in [0.15, 0.2) is 0 Å². The zero-order valence-corrected chi connectivity index (χ0v) is 15.8. The van der Waals surface area contributed by atoms with Gasteiger partial charge >= 0.3 is 0 Å². The molecular formula is C19H28ClN3O3. The number of hydrogen-bond acceptors (Lipinski definition) is 4. The topological polar surface area (TPSA) is 72.9 Å². The van der Waals surface area contributed by atoms with Gasteiger partial charge in [0.2, 0.25) is 5.91 Å². The van der Waals surface area contributed by atoms with E-state index in [1.807, 2.05) is 4.90 Å². The summed E-state index contributed by atoms with van der Waals surface area (Å²) in [5.41, 5.74) is 0.573. The smallest absolute Gasteiger partial charge is 0.253 e. The fraction of sp³-hybridized carbons (Fsp3) is 0.579. The van der Waals surface area contributed by atoms with Crippen LogP contribution in [0.25, 0.3) is 0 Å². The number of aromatic hydroxyl groups is 1. The van der Waals surface area contributed by atoms with Crippen LogP contribution in [0.5, 0.6) is 5.75 Å². The van der Waals surface area contributed by atoms with E-state index in [9.17, 15) is 14.7 Å². The largest absolute Gasteiger partial charge is 0.508 e. The molecule has 0 aromatic heterocycles. The maximum absolute atomic E-state index is 12.5. The molecule has 0 aliphatic carbocycles. The maximum Gasteiger partial charge on any atom is 0.253 e. The number of hydrogen-bond donors (Lipinski definition) is 2. The molecule has 3 rings (SSSR count). The van der Waals surface area contributed by atoms with Gasteiger partial charge in [-0.25, -0.2) is 0 Å². The summed E-state index contributed by atoms with van der Waals surface area (Å²) >= 11 is 0. The van der Waals surface area contributed by atoms with E-state index in [0.717, 1.165) is 19.5 Å². The highest BCUT2D eigenvalue weighted by Gasteiger charge is 2.25. The lowest BCUT2D eigenvalue weighted by molar-refractivity contribution is -0.133. The first kappa shape index (κ1) is 20.5. The van der Waals surface area contributed by atoms with E-state index in [1.165, 1.54) is 25.0 Å². The molecule has 1 aromatic carbocycles. The molecule has 0 unspecified atom stereocenters. The maximum atomic E-state index is 12.5. The van der Waals surface area contributed by atoms with Crippen LogP contribution >= 0.6 is 12.4 Å². The molecule has 0 radical (unpaired) electrons. The summed E-state index contributed by atoms with van der Waals surface area (Å²) in [4.78, 5) is 28.5. The van der Waals surface area contributed by atoms with Crippen LogP contribution in [0.1, 0.15) is 36.0 Å². The van der Waals surface area contributed by atoms with Crippen molar-refractivity contribution in [3.8, 4) is 5.75 Å². The van der Waals surface area contributed by atoms with E-state index in [2.05, 4.69) is 5.32 Å². The summed E-state index contributed by atoms with van der Waals surface area (Å²) in [6.45, 7) is 4.48. The van der Waals surface area contributed by atoms with Crippen molar-refractivity contribution in [2.45, 2.75) is 25.7 Å². The number of piperidine rings is 1. The van der Waals surface area contributed by atoms with Crippen molar-refractivity contribution < 1.29 is 14.7 Å². The van der Waals surface area contributed by atoms with Crippen LogP contribution in [0.2, 0.25) is 0 Å². The molecule has 2 heterocycles. The van der Waals surface area contributed by atoms with Gasteiger partial charge in [-0.05, 0) is 62.5 Å². The predicted octanol–water partition coefficient (Wildman–Crippen LogP) is 1.88. The lowest BCUT2D eigenvalue weighted by Gasteiger charge is -2.35. The Labute approximate surface area is 161 Å². The molecule has 0 bridgehead atoms. The second-order valence-electron chi connectivity index (χ2n) is 6.95. The Kier molecular flexibility index (Phi) is 7.72. The molecule has 0 atom stereocenters. The summed E-state index contributed by atoms with van der Waals surface area (Å²) in [5.74, 6) is 1.00. The number of nitrogens with one attached hydrogen (secondary N) is 1. The normalized spacial score (nSPS) is 18.3. The molecule has 7 heteroatoms. The summed E-state index contributed by atoms with van der Waals surface area (Å²) in [6, 6.07) is 6.31. The number of amides is 2. The Morgan fingerprint density at radius 1 is 1.00 bits per heavy atom. The molecule has 2 amide bonds. The quantitative estimate of drug-likeness (QED) is 0.835. The number of halogens is 1. The number of piperazine rings is 1. The van der Waals surface area contributed by atoms with Crippen molar-refractivity contribution in [1.82, 2.24) is 15.1 Å². The number of phenols is 1. The Balaban J connectivity index is 0.00000243. The highest BCUT2D eigenvalue weighted by Crippen LogP contribution is 2.19. The van der Waals surface area contributed by atoms with Gasteiger partial charge in [0.1, 0.15) is 5.75 Å². The first-order valence-corrected chi connectivity index (χ1v) is 9.20. The average Bonchev–Trinajstić information content (AvgIpc) is 2.67. The van der Waals surface area contributed by atoms with Crippen LogP contribution in [-0.2, 0) is 4.79 Å². The highest BCUT2D eigenvalue weighted by atomic mass is 35.5. The number of benzene rings is 1. The summed E-state index contributed by atoms with van der Waals surface area (Å²) < 4.78 is 0. The third-order valence-corrected chi connectivity index (χ3v) is 5.26. The van der Waals surface area contributed by atoms with Crippen molar-refractivity contribution in [2.75, 3.05) is 39.3 Å². The third kappa shape index (κ3) is 5.35. The van der Waals surface area contributed by atoms with E-state index in [4.69, 9.17) is 0 Å². The van der Waals surface area contributed by atoms with Crippen molar-refractivity contribution >= 4 is 24.2 Å². The second-order valence-corrected chi connectivity index (χ2v) is 6.95. The molecular weight excluding hydrogens is 354 g/mol. The summed E-state index contributed by atoms with van der Waals surface area (Å²) in [5, 5.41) is 12.7. The van der Waals surface area contributed by atoms with Crippen molar-refractivity contribution in [3.63, 3.8) is 0 Å². The zero-order valence-electron chi connectivity index (χ0n) is 15.0. The molecule has 0 saturated carbocycles. The molecule has 2 fully saturated rings. The van der Waals surface area contributed by atoms with E-state index in [0.29, 0.717) is 44.1 Å². The van der Waals surface area contributed by atoms with E-state index < -0.39 is 0 Å². The van der Waals surface area contributed by atoms with Crippen LogP contribution in [0.15, 0.2) is 24.3 Å². The minimum absolute atomic E-state index is 0. The summed E-state index contributed by atoms with van der Waals surface area (Å²) in [6.07, 6.45) is 3.94. The van der Waals surface area contributed by atoms with Crippen molar-refractivity contribution in [3.05, 3.63) is 29.8 Å². The molecule has 0 spiro atoms. The molecule has 6 nitrogen and oxygen atoms in total. The van der Waals surface area contributed by atoms with Crippen molar-refractivity contribution in [1.29, 1.82) is 0 Å². The van der Waals surface area contributed by atoms with E-state index in [1.54, 1.807) is 17.0 Å². The van der Waals surface area contributed by atoms with Gasteiger partial charge in [-0.3, -0.25) is 9.59 Å². The van der Waals surface area contributed by atoms with Crippen LogP contribution in [0.3, 0.4) is 0 Å². The molecule has 1 aromatic rings. The van der Waals surface area contributed by atoms with Gasteiger partial charge in [0, 0.05) is 38.2 Å². The molecule has 144 valence electrons. The van der Waals surface area contributed by atoms with Gasteiger partial charge < -0.3 is 20.2 Å². The Hall–Kier alpha value is -1.79. The number of nitrogens with zero attached hydrogens (tertiary/aromatic N) is 2. The van der Waals surface area contributed by atoms with Crippen LogP contribution in [-0.4, -0.2) is 66.0 Å². The fourth-order valence-electron chi connectivity index (χ4n) is 3.60. The minimum atomic E-state index is -0.0400. The first-order valence-electron chi connectivity index (χ1n) is 9.20. The van der Waals surface area contributed by atoms with Gasteiger partial charge in [-0.1, -0.05) is 0 Å². The standard InChI is InChI=1S/C19H27N3O3.ClH/c23-17-4-2-16(3-5-17)19(25)22-13-11-21(12-14-22)18(24)6-1-15-7-9-20-10-8-15;/h2-5,15,20,23H,1,6-14H2;1H. The minimum Gasteiger partial charge on any atom is -0.508 e. The fourth-order valence-corrected chi connectivity index (χ4v) is 3.60. The Bertz CT molecular complexity index is 595. The highest BCUT2D eigenvalue weighted by molar-refractivity contribution is 5.94. The average molecular weight is 382 g/mol. The van der Waals surface area contributed by atoms with Crippen LogP contribution in [0.4, 0.5) is 0 Å². The zero-order chi connectivity index (χ0) is 17.6. The van der Waals surface area contributed by atoms with Gasteiger partial charge in [-0.2, -0.15) is 0 Å². The van der Waals surface area contributed by atoms with Gasteiger partial charge in [0.25, 0.3) is 5.91 Å². The van der Waals surface area contributed by atoms with Crippen LogP contribution < -0.4 is 5.32 Å². The molecule has 2 aliphatic heterocycles. The van der Waals surface area contributed by atoms with Crippen LogP contribution in [0, 0.1) is 5.92 Å². The first-order chi connectivity index (χ1) is 12.1. The second kappa shape index (κ2) is 9.78. The van der Waals surface area contributed by atoms with Crippen molar-refractivity contribution in [2.24, 2.45) is 5.92 Å². The number of carbonyl (C=O) groups is 2. The molecule has 2 N–H and O–H groups in total. The lowest BCUT2D eigenvalue weighted by Crippen LogP contribution is -2.50. The number of carbonyl (C=O) groups excluding carboxylic acids is 2. The molecule has 2 aliphatic rings. The van der Waals surface area contributed by atoms with E-state index in [-0.39, 0.29) is 30.0 Å². The van der Waals surface area contributed by atoms with Gasteiger partial charge in [-0.15, -0.1) is 12.4 Å². The number of rotatable bonds is 4. The monoisotopic (exact) mass is 381 g/mol. The Morgan fingerprint density at radius 3 is 2.19 bits per heavy atom.